The molecular weight excluding hydrogens is 370 g/mol. The molecule has 3 aromatic rings. The van der Waals surface area contributed by atoms with Crippen molar-refractivity contribution >= 4 is 23.4 Å². The number of phenols is 1. The Morgan fingerprint density at radius 3 is 2.63 bits per heavy atom. The number of amides is 1. The van der Waals surface area contributed by atoms with Crippen LogP contribution < -0.4 is 14.8 Å². The normalized spacial score (nSPS) is 10.4. The van der Waals surface area contributed by atoms with Crippen LogP contribution in [0.25, 0.3) is 11.5 Å². The van der Waals surface area contributed by atoms with Crippen molar-refractivity contribution in [3.63, 3.8) is 0 Å². The molecule has 0 bridgehead atoms. The lowest BCUT2D eigenvalue weighted by Crippen LogP contribution is -2.14. The van der Waals surface area contributed by atoms with Crippen LogP contribution in [0.4, 0.5) is 5.69 Å². The summed E-state index contributed by atoms with van der Waals surface area (Å²) in [5, 5.41) is 20.2. The van der Waals surface area contributed by atoms with Crippen molar-refractivity contribution in [1.82, 2.24) is 10.2 Å². The van der Waals surface area contributed by atoms with Gasteiger partial charge in [-0.2, -0.15) is 0 Å². The third-order valence-electron chi connectivity index (χ3n) is 3.53. The fourth-order valence-corrected chi connectivity index (χ4v) is 2.77. The number of hydrogen-bond acceptors (Lipinski definition) is 8. The van der Waals surface area contributed by atoms with Crippen molar-refractivity contribution in [3.8, 4) is 28.7 Å². The summed E-state index contributed by atoms with van der Waals surface area (Å²) in [6, 6.07) is 11.5. The SMILES string of the molecule is COc1ccc(NC(=O)CSc2nnc(-c3ccc(O)cc3)o2)c(OC)c1. The quantitative estimate of drug-likeness (QED) is 0.595. The summed E-state index contributed by atoms with van der Waals surface area (Å²) in [5.74, 6) is 1.44. The van der Waals surface area contributed by atoms with Gasteiger partial charge in [-0.1, -0.05) is 11.8 Å². The molecule has 3 rings (SSSR count). The average Bonchev–Trinajstić information content (AvgIpc) is 3.16. The molecule has 0 aliphatic heterocycles. The number of aromatic nitrogens is 2. The second-order valence-corrected chi connectivity index (χ2v) is 6.25. The van der Waals surface area contributed by atoms with Gasteiger partial charge in [-0.15, -0.1) is 10.2 Å². The molecule has 0 unspecified atom stereocenters. The second-order valence-electron chi connectivity index (χ2n) is 5.32. The number of benzene rings is 2. The number of carbonyl (C=O) groups is 1. The number of nitrogens with one attached hydrogen (secondary N) is 1. The van der Waals surface area contributed by atoms with Gasteiger partial charge in [0.25, 0.3) is 5.22 Å². The first kappa shape index (κ1) is 18.6. The zero-order valence-electron chi connectivity index (χ0n) is 14.6. The Balaban J connectivity index is 1.59. The number of ether oxygens (including phenoxy) is 2. The minimum Gasteiger partial charge on any atom is -0.508 e. The van der Waals surface area contributed by atoms with E-state index < -0.39 is 0 Å². The monoisotopic (exact) mass is 387 g/mol. The van der Waals surface area contributed by atoms with E-state index in [0.29, 0.717) is 28.6 Å². The van der Waals surface area contributed by atoms with Gasteiger partial charge in [0.15, 0.2) is 0 Å². The number of methoxy groups -OCH3 is 2. The number of rotatable bonds is 7. The van der Waals surface area contributed by atoms with Crippen LogP contribution in [0.5, 0.6) is 17.2 Å². The largest absolute Gasteiger partial charge is 0.508 e. The molecule has 0 aliphatic carbocycles. The van der Waals surface area contributed by atoms with Gasteiger partial charge in [-0.25, -0.2) is 0 Å². The van der Waals surface area contributed by atoms with Gasteiger partial charge < -0.3 is 24.3 Å². The lowest BCUT2D eigenvalue weighted by atomic mass is 10.2. The maximum Gasteiger partial charge on any atom is 0.277 e. The number of aromatic hydroxyl groups is 1. The maximum absolute atomic E-state index is 12.2. The predicted octanol–water partition coefficient (Wildman–Crippen LogP) is 3.19. The number of carbonyl (C=O) groups excluding carboxylic acids is 1. The van der Waals surface area contributed by atoms with Gasteiger partial charge in [0, 0.05) is 11.6 Å². The number of anilines is 1. The molecule has 2 N–H and O–H groups in total. The van der Waals surface area contributed by atoms with Crippen molar-refractivity contribution in [2.45, 2.75) is 5.22 Å². The summed E-state index contributed by atoms with van der Waals surface area (Å²) < 4.78 is 15.9. The van der Waals surface area contributed by atoms with E-state index in [2.05, 4.69) is 15.5 Å². The fraction of sp³-hybridized carbons (Fsp3) is 0.167. The van der Waals surface area contributed by atoms with E-state index in [0.717, 1.165) is 11.8 Å². The molecule has 2 aromatic carbocycles. The Morgan fingerprint density at radius 1 is 1.15 bits per heavy atom. The smallest absolute Gasteiger partial charge is 0.277 e. The topological polar surface area (TPSA) is 107 Å². The molecule has 1 heterocycles. The summed E-state index contributed by atoms with van der Waals surface area (Å²) >= 11 is 1.12. The van der Waals surface area contributed by atoms with Crippen molar-refractivity contribution in [2.75, 3.05) is 25.3 Å². The van der Waals surface area contributed by atoms with Crippen molar-refractivity contribution in [1.29, 1.82) is 0 Å². The van der Waals surface area contributed by atoms with Crippen LogP contribution in [-0.4, -0.2) is 41.2 Å². The van der Waals surface area contributed by atoms with Crippen LogP contribution in [0.1, 0.15) is 0 Å². The minimum atomic E-state index is -0.243. The highest BCUT2D eigenvalue weighted by atomic mass is 32.2. The molecule has 0 radical (unpaired) electrons. The van der Waals surface area contributed by atoms with Crippen LogP contribution in [0.2, 0.25) is 0 Å². The first-order chi connectivity index (χ1) is 13.1. The van der Waals surface area contributed by atoms with Crippen LogP contribution in [0.3, 0.4) is 0 Å². The molecule has 0 saturated heterocycles. The van der Waals surface area contributed by atoms with Gasteiger partial charge >= 0.3 is 0 Å². The van der Waals surface area contributed by atoms with Crippen molar-refractivity contribution in [3.05, 3.63) is 42.5 Å². The van der Waals surface area contributed by atoms with Crippen LogP contribution in [-0.2, 0) is 4.79 Å². The number of phenolic OH excluding ortho intramolecular Hbond substituents is 1. The van der Waals surface area contributed by atoms with Gasteiger partial charge in [0.1, 0.15) is 17.2 Å². The van der Waals surface area contributed by atoms with Gasteiger partial charge in [0.2, 0.25) is 11.8 Å². The fourth-order valence-electron chi connectivity index (χ4n) is 2.20. The summed E-state index contributed by atoms with van der Waals surface area (Å²) in [6.45, 7) is 0. The third kappa shape index (κ3) is 4.70. The first-order valence-corrected chi connectivity index (χ1v) is 8.85. The average molecular weight is 387 g/mol. The Labute approximate surface area is 159 Å². The van der Waals surface area contributed by atoms with Crippen molar-refractivity contribution < 1.29 is 23.8 Å². The summed E-state index contributed by atoms with van der Waals surface area (Å²) in [4.78, 5) is 12.2. The van der Waals surface area contributed by atoms with Gasteiger partial charge in [-0.3, -0.25) is 4.79 Å². The van der Waals surface area contributed by atoms with Crippen molar-refractivity contribution in [2.24, 2.45) is 0 Å². The first-order valence-electron chi connectivity index (χ1n) is 7.86. The number of thioether (sulfide) groups is 1. The Hall–Kier alpha value is -3.20. The molecule has 8 nitrogen and oxygen atoms in total. The molecular formula is C18H17N3O5S. The lowest BCUT2D eigenvalue weighted by molar-refractivity contribution is -0.113. The molecule has 0 saturated carbocycles. The van der Waals surface area contributed by atoms with E-state index in [9.17, 15) is 9.90 Å². The van der Waals surface area contributed by atoms with E-state index in [1.807, 2.05) is 0 Å². The third-order valence-corrected chi connectivity index (χ3v) is 4.35. The molecule has 0 atom stereocenters. The zero-order valence-corrected chi connectivity index (χ0v) is 15.4. The summed E-state index contributed by atoms with van der Waals surface area (Å²) in [6.07, 6.45) is 0. The molecule has 27 heavy (non-hydrogen) atoms. The van der Waals surface area contributed by atoms with Crippen LogP contribution in [0.15, 0.2) is 52.1 Å². The Kier molecular flexibility index (Phi) is 5.82. The molecule has 0 spiro atoms. The maximum atomic E-state index is 12.2. The summed E-state index contributed by atoms with van der Waals surface area (Å²) in [7, 11) is 3.07. The molecule has 9 heteroatoms. The van der Waals surface area contributed by atoms with E-state index >= 15 is 0 Å². The van der Waals surface area contributed by atoms with E-state index in [4.69, 9.17) is 13.9 Å². The minimum absolute atomic E-state index is 0.0897. The zero-order chi connectivity index (χ0) is 19.2. The van der Waals surface area contributed by atoms with E-state index in [1.165, 1.54) is 19.2 Å². The molecule has 140 valence electrons. The van der Waals surface area contributed by atoms with Crippen LogP contribution in [0, 0.1) is 0 Å². The second kappa shape index (κ2) is 8.45. The van der Waals surface area contributed by atoms with E-state index in [1.54, 1.807) is 37.4 Å². The Bertz CT molecular complexity index is 927. The standard InChI is InChI=1S/C18H17N3O5S/c1-24-13-7-8-14(15(9-13)25-2)19-16(23)10-27-18-21-20-17(26-18)11-3-5-12(22)6-4-11/h3-9,22H,10H2,1-2H3,(H,19,23). The highest BCUT2D eigenvalue weighted by molar-refractivity contribution is 7.99. The molecule has 1 amide bonds. The van der Waals surface area contributed by atoms with Gasteiger partial charge in [-0.05, 0) is 36.4 Å². The van der Waals surface area contributed by atoms with E-state index in [-0.39, 0.29) is 22.6 Å². The highest BCUT2D eigenvalue weighted by Crippen LogP contribution is 2.29. The van der Waals surface area contributed by atoms with Gasteiger partial charge in [0.05, 0.1) is 25.7 Å². The predicted molar refractivity (Wildman–Crippen MR) is 100 cm³/mol. The molecule has 1 aromatic heterocycles. The summed E-state index contributed by atoms with van der Waals surface area (Å²) in [5.41, 5.74) is 1.22. The molecule has 0 aliphatic rings. The highest BCUT2D eigenvalue weighted by Gasteiger charge is 2.13. The lowest BCUT2D eigenvalue weighted by Gasteiger charge is -2.11. The van der Waals surface area contributed by atoms with Crippen LogP contribution >= 0.6 is 11.8 Å². The molecule has 0 fully saturated rings. The number of nitrogens with zero attached hydrogens (tertiary/aromatic N) is 2. The Morgan fingerprint density at radius 2 is 1.93 bits per heavy atom. The number of hydrogen-bond donors (Lipinski definition) is 2.